The van der Waals surface area contributed by atoms with Gasteiger partial charge in [0, 0.05) is 33.1 Å². The van der Waals surface area contributed by atoms with Crippen molar-refractivity contribution < 1.29 is 4.42 Å². The second kappa shape index (κ2) is 13.7. The van der Waals surface area contributed by atoms with E-state index < -0.39 is 5.41 Å². The van der Waals surface area contributed by atoms with Crippen LogP contribution in [0, 0.1) is 0 Å². The molecular weight excluding hydrogens is 703 g/mol. The molecule has 2 nitrogen and oxygen atoms in total. The van der Waals surface area contributed by atoms with Gasteiger partial charge in [-0.1, -0.05) is 176 Å². The number of anilines is 3. The van der Waals surface area contributed by atoms with Gasteiger partial charge in [0.05, 0.1) is 5.69 Å². The summed E-state index contributed by atoms with van der Waals surface area (Å²) in [4.78, 5) is 2.42. The first-order valence-electron chi connectivity index (χ1n) is 20.0. The molecule has 0 saturated carbocycles. The van der Waals surface area contributed by atoms with Crippen molar-refractivity contribution >= 4 is 39.0 Å². The van der Waals surface area contributed by atoms with Gasteiger partial charge in [0.25, 0.3) is 0 Å². The molecule has 0 radical (unpaired) electrons. The van der Waals surface area contributed by atoms with E-state index in [4.69, 9.17) is 4.42 Å². The van der Waals surface area contributed by atoms with E-state index in [1.54, 1.807) is 0 Å². The Hall–Kier alpha value is -7.42. The zero-order chi connectivity index (χ0) is 38.6. The maximum atomic E-state index is 7.02. The Morgan fingerprint density at radius 2 is 0.776 bits per heavy atom. The van der Waals surface area contributed by atoms with E-state index in [1.807, 2.05) is 0 Å². The summed E-state index contributed by atoms with van der Waals surface area (Å²) in [5, 5.41) is 2.24. The van der Waals surface area contributed by atoms with Crippen LogP contribution in [0.3, 0.4) is 0 Å². The molecule has 1 aromatic heterocycles. The fourth-order valence-corrected chi connectivity index (χ4v) is 9.32. The number of hydrogen-bond acceptors (Lipinski definition) is 2. The van der Waals surface area contributed by atoms with Gasteiger partial charge >= 0.3 is 0 Å². The highest BCUT2D eigenvalue weighted by molar-refractivity contribution is 6.09. The summed E-state index contributed by atoms with van der Waals surface area (Å²) in [6, 6.07) is 78.8. The van der Waals surface area contributed by atoms with Crippen LogP contribution in [0.1, 0.15) is 23.6 Å². The van der Waals surface area contributed by atoms with Crippen molar-refractivity contribution in [2.45, 2.75) is 12.3 Å². The standard InChI is InChI=1S/C56H39NO/c1-56(50-21-11-8-18-46(50)47-19-9-12-22-51(47)56)54-52(37-36-49-48-20-10-13-23-53(48)58-55(49)54)57(44-32-28-42(29-33-44)39-16-6-3-7-17-39)45-34-30-43(31-35-45)41-26-24-40(25-27-41)38-14-4-2-5-15-38/h2-37H,1H3. The number of furan rings is 1. The van der Waals surface area contributed by atoms with Crippen LogP contribution in [-0.2, 0) is 5.41 Å². The van der Waals surface area contributed by atoms with Gasteiger partial charge in [0.1, 0.15) is 11.2 Å². The molecule has 0 saturated heterocycles. The minimum Gasteiger partial charge on any atom is -0.456 e. The molecule has 1 aliphatic carbocycles. The van der Waals surface area contributed by atoms with Crippen LogP contribution in [0.25, 0.3) is 66.4 Å². The van der Waals surface area contributed by atoms with E-state index in [0.29, 0.717) is 0 Å². The number of benzene rings is 9. The first-order chi connectivity index (χ1) is 28.6. The molecule has 0 atom stereocenters. The molecule has 11 rings (SSSR count). The molecule has 0 aliphatic heterocycles. The van der Waals surface area contributed by atoms with Crippen molar-refractivity contribution in [1.82, 2.24) is 0 Å². The Kier molecular flexibility index (Phi) is 7.97. The predicted octanol–water partition coefficient (Wildman–Crippen LogP) is 15.4. The smallest absolute Gasteiger partial charge is 0.141 e. The Morgan fingerprint density at radius 3 is 1.29 bits per heavy atom. The first kappa shape index (κ1) is 33.9. The van der Waals surface area contributed by atoms with Gasteiger partial charge in [-0.05, 0) is 105 Å². The van der Waals surface area contributed by atoms with Crippen molar-refractivity contribution in [3.63, 3.8) is 0 Å². The minimum absolute atomic E-state index is 0.529. The van der Waals surface area contributed by atoms with Crippen LogP contribution in [0.15, 0.2) is 223 Å². The third kappa shape index (κ3) is 5.41. The van der Waals surface area contributed by atoms with E-state index in [9.17, 15) is 0 Å². The minimum atomic E-state index is -0.529. The Labute approximate surface area is 338 Å². The van der Waals surface area contributed by atoms with Crippen molar-refractivity contribution in [2.75, 3.05) is 4.90 Å². The van der Waals surface area contributed by atoms with Crippen LogP contribution in [0.4, 0.5) is 17.1 Å². The van der Waals surface area contributed by atoms with Gasteiger partial charge in [-0.2, -0.15) is 0 Å². The number of fused-ring (bicyclic) bond motifs is 6. The van der Waals surface area contributed by atoms with Crippen LogP contribution >= 0.6 is 0 Å². The maximum absolute atomic E-state index is 7.02. The summed E-state index contributed by atoms with van der Waals surface area (Å²) in [7, 11) is 0. The predicted molar refractivity (Wildman–Crippen MR) is 242 cm³/mol. The van der Waals surface area contributed by atoms with Crippen LogP contribution in [0.5, 0.6) is 0 Å². The van der Waals surface area contributed by atoms with E-state index in [0.717, 1.165) is 44.6 Å². The number of nitrogens with zero attached hydrogens (tertiary/aromatic N) is 1. The molecule has 274 valence electrons. The molecule has 1 heterocycles. The summed E-state index contributed by atoms with van der Waals surface area (Å²) in [6.45, 7) is 2.39. The lowest BCUT2D eigenvalue weighted by Gasteiger charge is -2.35. The highest BCUT2D eigenvalue weighted by Crippen LogP contribution is 2.57. The molecular formula is C56H39NO. The number of para-hydroxylation sites is 1. The van der Waals surface area contributed by atoms with Gasteiger partial charge in [-0.3, -0.25) is 0 Å². The van der Waals surface area contributed by atoms with Gasteiger partial charge in [0.15, 0.2) is 0 Å². The lowest BCUT2D eigenvalue weighted by Crippen LogP contribution is -2.26. The summed E-state index contributed by atoms with van der Waals surface area (Å²) < 4.78 is 7.02. The highest BCUT2D eigenvalue weighted by Gasteiger charge is 2.45. The monoisotopic (exact) mass is 741 g/mol. The van der Waals surface area contributed by atoms with E-state index >= 15 is 0 Å². The molecule has 0 unspecified atom stereocenters. The molecule has 0 spiro atoms. The molecule has 10 aromatic rings. The molecule has 1 aliphatic rings. The Morgan fingerprint density at radius 1 is 0.362 bits per heavy atom. The summed E-state index contributed by atoms with van der Waals surface area (Å²) in [5.74, 6) is 0. The van der Waals surface area contributed by atoms with Gasteiger partial charge < -0.3 is 9.32 Å². The molecule has 0 N–H and O–H groups in total. The lowest BCUT2D eigenvalue weighted by molar-refractivity contribution is 0.638. The average Bonchev–Trinajstić information content (AvgIpc) is 3.80. The second-order valence-electron chi connectivity index (χ2n) is 15.4. The van der Waals surface area contributed by atoms with Crippen LogP contribution < -0.4 is 4.90 Å². The van der Waals surface area contributed by atoms with Crippen molar-refractivity contribution in [1.29, 1.82) is 0 Å². The van der Waals surface area contributed by atoms with E-state index in [1.165, 1.54) is 55.6 Å². The molecule has 9 aromatic carbocycles. The second-order valence-corrected chi connectivity index (χ2v) is 15.4. The number of hydrogen-bond donors (Lipinski definition) is 0. The largest absolute Gasteiger partial charge is 0.456 e. The van der Waals surface area contributed by atoms with E-state index in [2.05, 4.69) is 230 Å². The molecule has 2 heteroatoms. The van der Waals surface area contributed by atoms with Crippen molar-refractivity contribution in [2.24, 2.45) is 0 Å². The summed E-state index contributed by atoms with van der Waals surface area (Å²) in [6.07, 6.45) is 0. The molecule has 0 fully saturated rings. The van der Waals surface area contributed by atoms with E-state index in [-0.39, 0.29) is 0 Å². The third-order valence-electron chi connectivity index (χ3n) is 12.2. The number of rotatable bonds is 7. The fraction of sp³-hybridized carbons (Fsp3) is 0.0357. The van der Waals surface area contributed by atoms with Crippen LogP contribution in [-0.4, -0.2) is 0 Å². The van der Waals surface area contributed by atoms with Gasteiger partial charge in [-0.25, -0.2) is 0 Å². The topological polar surface area (TPSA) is 16.4 Å². The Balaban J connectivity index is 1.13. The lowest BCUT2D eigenvalue weighted by atomic mass is 9.72. The quantitative estimate of drug-likeness (QED) is 0.162. The normalized spacial score (nSPS) is 12.7. The molecule has 0 bridgehead atoms. The molecule has 0 amide bonds. The highest BCUT2D eigenvalue weighted by atomic mass is 16.3. The van der Waals surface area contributed by atoms with Crippen LogP contribution in [0.2, 0.25) is 0 Å². The van der Waals surface area contributed by atoms with Gasteiger partial charge in [-0.15, -0.1) is 0 Å². The maximum Gasteiger partial charge on any atom is 0.141 e. The molecule has 58 heavy (non-hydrogen) atoms. The van der Waals surface area contributed by atoms with Crippen molar-refractivity contribution in [3.05, 3.63) is 235 Å². The third-order valence-corrected chi connectivity index (χ3v) is 12.2. The zero-order valence-corrected chi connectivity index (χ0v) is 32.1. The summed E-state index contributed by atoms with van der Waals surface area (Å²) in [5.41, 5.74) is 17.9. The fourth-order valence-electron chi connectivity index (χ4n) is 9.32. The first-order valence-corrected chi connectivity index (χ1v) is 20.0. The summed E-state index contributed by atoms with van der Waals surface area (Å²) >= 11 is 0. The van der Waals surface area contributed by atoms with Gasteiger partial charge in [0.2, 0.25) is 0 Å². The Bertz CT molecular complexity index is 3040. The SMILES string of the molecule is CC1(c2c(N(c3ccc(-c4ccccc4)cc3)c3ccc(-c4ccc(-c5ccccc5)cc4)cc3)ccc3c2oc2ccccc23)c2ccccc2-c2ccccc21. The average molecular weight is 742 g/mol. The zero-order valence-electron chi connectivity index (χ0n) is 32.1. The van der Waals surface area contributed by atoms with Crippen molar-refractivity contribution in [3.8, 4) is 44.5 Å².